The maximum Gasteiger partial charge on any atom is 0.238 e. The highest BCUT2D eigenvalue weighted by Crippen LogP contribution is 2.31. The third-order valence-corrected chi connectivity index (χ3v) is 2.62. The van der Waals surface area contributed by atoms with Gasteiger partial charge in [0.2, 0.25) is 5.88 Å². The van der Waals surface area contributed by atoms with Gasteiger partial charge in [0.25, 0.3) is 0 Å². The Kier molecular flexibility index (Phi) is 3.43. The zero-order chi connectivity index (χ0) is 12.3. The van der Waals surface area contributed by atoms with Crippen molar-refractivity contribution < 1.29 is 9.47 Å². The first kappa shape index (κ1) is 11.7. The Balaban J connectivity index is 2.21. The van der Waals surface area contributed by atoms with E-state index in [-0.39, 0.29) is 0 Å². The van der Waals surface area contributed by atoms with Crippen LogP contribution in [0.15, 0.2) is 35.1 Å². The van der Waals surface area contributed by atoms with Crippen LogP contribution in [0.4, 0.5) is 5.82 Å². The molecule has 6 heteroatoms. The van der Waals surface area contributed by atoms with Gasteiger partial charge in [0.15, 0.2) is 0 Å². The highest BCUT2D eigenvalue weighted by Gasteiger charge is 2.05. The highest BCUT2D eigenvalue weighted by atomic mass is 79.9. The van der Waals surface area contributed by atoms with Crippen LogP contribution < -0.4 is 15.2 Å². The normalized spacial score (nSPS) is 10.0. The third-order valence-electron chi connectivity index (χ3n) is 2.00. The average molecular weight is 296 g/mol. The number of halogens is 1. The second-order valence-electron chi connectivity index (χ2n) is 3.18. The smallest absolute Gasteiger partial charge is 0.238 e. The fourth-order valence-electron chi connectivity index (χ4n) is 1.18. The zero-order valence-corrected chi connectivity index (χ0v) is 10.6. The molecule has 0 saturated heterocycles. The summed E-state index contributed by atoms with van der Waals surface area (Å²) in [5.41, 5.74) is 5.43. The predicted octanol–water partition coefficient (Wildman–Crippen LogP) is 2.62. The number of rotatable bonds is 3. The molecule has 0 spiro atoms. The molecule has 2 N–H and O–H groups in total. The summed E-state index contributed by atoms with van der Waals surface area (Å²) >= 11 is 3.38. The Hall–Kier alpha value is -1.82. The number of hydrogen-bond acceptors (Lipinski definition) is 5. The molecule has 0 amide bonds. The monoisotopic (exact) mass is 295 g/mol. The molecule has 5 nitrogen and oxygen atoms in total. The Morgan fingerprint density at radius 3 is 2.65 bits per heavy atom. The summed E-state index contributed by atoms with van der Waals surface area (Å²) in [4.78, 5) is 7.88. The lowest BCUT2D eigenvalue weighted by atomic mass is 10.3. The first-order valence-electron chi connectivity index (χ1n) is 4.78. The van der Waals surface area contributed by atoms with Gasteiger partial charge in [0, 0.05) is 0 Å². The van der Waals surface area contributed by atoms with Gasteiger partial charge in [-0.3, -0.25) is 0 Å². The Bertz CT molecular complexity index is 517. The van der Waals surface area contributed by atoms with E-state index < -0.39 is 0 Å². The Morgan fingerprint density at radius 1 is 1.24 bits per heavy atom. The number of benzene rings is 1. The molecule has 0 atom stereocenters. The number of nitrogens with two attached hydrogens (primary N) is 1. The predicted molar refractivity (Wildman–Crippen MR) is 67.2 cm³/mol. The van der Waals surface area contributed by atoms with Gasteiger partial charge in [-0.1, -0.05) is 0 Å². The van der Waals surface area contributed by atoms with Crippen LogP contribution in [0.25, 0.3) is 0 Å². The SMILES string of the molecule is COc1ccc(Oc2cnc(N)cn2)c(Br)c1. The topological polar surface area (TPSA) is 70.3 Å². The molecule has 0 saturated carbocycles. The van der Waals surface area contributed by atoms with E-state index in [9.17, 15) is 0 Å². The van der Waals surface area contributed by atoms with Gasteiger partial charge in [-0.15, -0.1) is 0 Å². The summed E-state index contributed by atoms with van der Waals surface area (Å²) in [7, 11) is 1.60. The van der Waals surface area contributed by atoms with Crippen molar-refractivity contribution >= 4 is 21.7 Å². The highest BCUT2D eigenvalue weighted by molar-refractivity contribution is 9.10. The lowest BCUT2D eigenvalue weighted by molar-refractivity contribution is 0.411. The molecular weight excluding hydrogens is 286 g/mol. The van der Waals surface area contributed by atoms with E-state index in [2.05, 4.69) is 25.9 Å². The molecule has 1 aromatic carbocycles. The fourth-order valence-corrected chi connectivity index (χ4v) is 1.62. The van der Waals surface area contributed by atoms with Crippen molar-refractivity contribution in [3.8, 4) is 17.4 Å². The number of aromatic nitrogens is 2. The summed E-state index contributed by atoms with van der Waals surface area (Å²) in [5.74, 6) is 2.11. The van der Waals surface area contributed by atoms with Crippen LogP contribution in [0.3, 0.4) is 0 Å². The second-order valence-corrected chi connectivity index (χ2v) is 4.03. The average Bonchev–Trinajstić information content (AvgIpc) is 2.34. The van der Waals surface area contributed by atoms with E-state index in [1.54, 1.807) is 25.3 Å². The zero-order valence-electron chi connectivity index (χ0n) is 9.05. The molecule has 2 rings (SSSR count). The molecule has 0 bridgehead atoms. The maximum absolute atomic E-state index is 5.53. The van der Waals surface area contributed by atoms with Crippen LogP contribution in [0, 0.1) is 0 Å². The fraction of sp³-hybridized carbons (Fsp3) is 0.0909. The van der Waals surface area contributed by atoms with Crippen LogP contribution in [0.2, 0.25) is 0 Å². The van der Waals surface area contributed by atoms with E-state index in [4.69, 9.17) is 15.2 Å². The second kappa shape index (κ2) is 5.01. The molecular formula is C11H10BrN3O2. The first-order chi connectivity index (χ1) is 8.19. The summed E-state index contributed by atoms with van der Waals surface area (Å²) < 4.78 is 11.4. The number of methoxy groups -OCH3 is 1. The van der Waals surface area contributed by atoms with Crippen molar-refractivity contribution in [3.63, 3.8) is 0 Å². The molecule has 0 aliphatic carbocycles. The van der Waals surface area contributed by atoms with E-state index in [0.717, 1.165) is 10.2 Å². The van der Waals surface area contributed by atoms with Gasteiger partial charge < -0.3 is 15.2 Å². The van der Waals surface area contributed by atoms with Crippen molar-refractivity contribution in [2.24, 2.45) is 0 Å². The molecule has 0 fully saturated rings. The van der Waals surface area contributed by atoms with Crippen LogP contribution in [-0.4, -0.2) is 17.1 Å². The Labute approximate surface area is 107 Å². The minimum atomic E-state index is 0.353. The number of ether oxygens (including phenoxy) is 2. The van der Waals surface area contributed by atoms with Crippen molar-refractivity contribution in [2.45, 2.75) is 0 Å². The van der Waals surface area contributed by atoms with E-state index in [1.165, 1.54) is 12.4 Å². The molecule has 0 aliphatic heterocycles. The van der Waals surface area contributed by atoms with Crippen LogP contribution in [0.1, 0.15) is 0 Å². The lowest BCUT2D eigenvalue weighted by Gasteiger charge is -2.07. The summed E-state index contributed by atoms with van der Waals surface area (Å²) in [6, 6.07) is 5.38. The number of hydrogen-bond donors (Lipinski definition) is 1. The summed E-state index contributed by atoms with van der Waals surface area (Å²) in [5, 5.41) is 0. The molecule has 17 heavy (non-hydrogen) atoms. The van der Waals surface area contributed by atoms with Gasteiger partial charge in [-0.25, -0.2) is 9.97 Å². The quantitative estimate of drug-likeness (QED) is 0.942. The maximum atomic E-state index is 5.53. The van der Waals surface area contributed by atoms with E-state index >= 15 is 0 Å². The van der Waals surface area contributed by atoms with Crippen molar-refractivity contribution in [1.82, 2.24) is 9.97 Å². The molecule has 1 aromatic heterocycles. The van der Waals surface area contributed by atoms with E-state index in [1.807, 2.05) is 0 Å². The lowest BCUT2D eigenvalue weighted by Crippen LogP contribution is -1.94. The standard InChI is InChI=1S/C11H10BrN3O2/c1-16-7-2-3-9(8(12)4-7)17-11-6-14-10(13)5-15-11/h2-6H,1H3,(H2,13,14). The van der Waals surface area contributed by atoms with Gasteiger partial charge in [-0.05, 0) is 34.1 Å². The molecule has 2 aromatic rings. The largest absolute Gasteiger partial charge is 0.497 e. The van der Waals surface area contributed by atoms with Crippen molar-refractivity contribution in [1.29, 1.82) is 0 Å². The minimum Gasteiger partial charge on any atom is -0.497 e. The van der Waals surface area contributed by atoms with Crippen molar-refractivity contribution in [2.75, 3.05) is 12.8 Å². The Morgan fingerprint density at radius 2 is 2.06 bits per heavy atom. The van der Waals surface area contributed by atoms with Gasteiger partial charge in [-0.2, -0.15) is 0 Å². The van der Waals surface area contributed by atoms with Crippen LogP contribution in [-0.2, 0) is 0 Å². The molecule has 0 radical (unpaired) electrons. The van der Waals surface area contributed by atoms with Gasteiger partial charge >= 0.3 is 0 Å². The molecule has 1 heterocycles. The van der Waals surface area contributed by atoms with Crippen LogP contribution in [0.5, 0.6) is 17.4 Å². The minimum absolute atomic E-state index is 0.353. The summed E-state index contributed by atoms with van der Waals surface area (Å²) in [6.45, 7) is 0. The molecule has 88 valence electrons. The van der Waals surface area contributed by atoms with Crippen molar-refractivity contribution in [3.05, 3.63) is 35.1 Å². The molecule has 0 aliphatic rings. The summed E-state index contributed by atoms with van der Waals surface area (Å²) in [6.07, 6.45) is 2.90. The van der Waals surface area contributed by atoms with Gasteiger partial charge in [0.05, 0.1) is 24.0 Å². The third kappa shape index (κ3) is 2.85. The van der Waals surface area contributed by atoms with Crippen LogP contribution >= 0.6 is 15.9 Å². The number of nitrogens with zero attached hydrogens (tertiary/aromatic N) is 2. The number of nitrogen functional groups attached to an aromatic ring is 1. The first-order valence-corrected chi connectivity index (χ1v) is 5.57. The van der Waals surface area contributed by atoms with E-state index in [0.29, 0.717) is 17.4 Å². The molecule has 0 unspecified atom stereocenters. The number of anilines is 1. The van der Waals surface area contributed by atoms with Gasteiger partial charge in [0.1, 0.15) is 17.3 Å².